The lowest BCUT2D eigenvalue weighted by Crippen LogP contribution is -1.95. The molecule has 0 radical (unpaired) electrons. The fourth-order valence-corrected chi connectivity index (χ4v) is 2.49. The zero-order valence-corrected chi connectivity index (χ0v) is 10.4. The Morgan fingerprint density at radius 2 is 1.83 bits per heavy atom. The predicted molar refractivity (Wildman–Crippen MR) is 72.1 cm³/mol. The highest BCUT2D eigenvalue weighted by molar-refractivity contribution is 7.98. The second-order valence-electron chi connectivity index (χ2n) is 3.67. The summed E-state index contributed by atoms with van der Waals surface area (Å²) in [5.41, 5.74) is 1.84. The Hall–Kier alpha value is -1.81. The van der Waals surface area contributed by atoms with Gasteiger partial charge in [0.25, 0.3) is 0 Å². The highest BCUT2D eigenvalue weighted by atomic mass is 32.2. The minimum absolute atomic E-state index is 0.230. The van der Waals surface area contributed by atoms with E-state index in [-0.39, 0.29) is 5.82 Å². The molecule has 0 heterocycles. The number of amides is 1. The first-order valence-electron chi connectivity index (χ1n) is 5.46. The number of thioether (sulfide) groups is 1. The zero-order chi connectivity index (χ0) is 12.8. The zero-order valence-electron chi connectivity index (χ0n) is 9.60. The molecule has 2 aromatic rings. The Morgan fingerprint density at radius 3 is 2.56 bits per heavy atom. The number of nitrogens with one attached hydrogen (secondary N) is 1. The van der Waals surface area contributed by atoms with Crippen LogP contribution in [0.2, 0.25) is 0 Å². The van der Waals surface area contributed by atoms with Crippen LogP contribution in [0.5, 0.6) is 0 Å². The van der Waals surface area contributed by atoms with E-state index in [1.165, 1.54) is 12.1 Å². The highest BCUT2D eigenvalue weighted by Gasteiger charge is 2.02. The molecule has 2 nitrogen and oxygen atoms in total. The van der Waals surface area contributed by atoms with Crippen LogP contribution >= 0.6 is 11.8 Å². The van der Waals surface area contributed by atoms with Crippen LogP contribution in [0.3, 0.4) is 0 Å². The van der Waals surface area contributed by atoms with Gasteiger partial charge in [-0.2, -0.15) is 0 Å². The van der Waals surface area contributed by atoms with E-state index in [0.29, 0.717) is 6.41 Å². The molecule has 18 heavy (non-hydrogen) atoms. The van der Waals surface area contributed by atoms with Crippen molar-refractivity contribution < 1.29 is 9.18 Å². The van der Waals surface area contributed by atoms with Gasteiger partial charge in [0, 0.05) is 10.6 Å². The van der Waals surface area contributed by atoms with Gasteiger partial charge in [-0.05, 0) is 29.8 Å². The van der Waals surface area contributed by atoms with Crippen LogP contribution in [-0.2, 0) is 10.5 Å². The molecule has 1 amide bonds. The third kappa shape index (κ3) is 3.34. The van der Waals surface area contributed by atoms with Gasteiger partial charge in [-0.1, -0.05) is 24.3 Å². The van der Waals surface area contributed by atoms with Crippen molar-refractivity contribution in [1.82, 2.24) is 0 Å². The van der Waals surface area contributed by atoms with Crippen molar-refractivity contribution in [2.24, 2.45) is 0 Å². The minimum atomic E-state index is -0.230. The maximum atomic E-state index is 12.8. The van der Waals surface area contributed by atoms with E-state index in [1.807, 2.05) is 24.3 Å². The molecule has 0 fully saturated rings. The van der Waals surface area contributed by atoms with Gasteiger partial charge in [0.1, 0.15) is 5.82 Å². The fraction of sp³-hybridized carbons (Fsp3) is 0.0714. The average Bonchev–Trinajstić information content (AvgIpc) is 2.40. The first-order chi connectivity index (χ1) is 8.79. The lowest BCUT2D eigenvalue weighted by molar-refractivity contribution is -0.105. The number of benzene rings is 2. The van der Waals surface area contributed by atoms with Crippen LogP contribution in [0.15, 0.2) is 53.4 Å². The smallest absolute Gasteiger partial charge is 0.211 e. The molecule has 0 aliphatic heterocycles. The summed E-state index contributed by atoms with van der Waals surface area (Å²) in [6, 6.07) is 14.0. The number of rotatable bonds is 5. The summed E-state index contributed by atoms with van der Waals surface area (Å²) in [7, 11) is 0. The standard InChI is InChI=1S/C14H12FNOS/c15-12-7-5-11(6-8-12)9-18-14-4-2-1-3-13(14)16-10-17/h1-8,10H,9H2,(H,16,17). The van der Waals surface area contributed by atoms with Crippen molar-refractivity contribution >= 4 is 23.9 Å². The van der Waals surface area contributed by atoms with Crippen molar-refractivity contribution in [3.8, 4) is 0 Å². The van der Waals surface area contributed by atoms with Gasteiger partial charge >= 0.3 is 0 Å². The normalized spacial score (nSPS) is 10.1. The van der Waals surface area contributed by atoms with Crippen LogP contribution in [0.25, 0.3) is 0 Å². The van der Waals surface area contributed by atoms with Gasteiger partial charge in [0.2, 0.25) is 6.41 Å². The van der Waals surface area contributed by atoms with E-state index in [4.69, 9.17) is 0 Å². The molecule has 0 spiro atoms. The second kappa shape index (κ2) is 6.21. The SMILES string of the molecule is O=CNc1ccccc1SCc1ccc(F)cc1. The van der Waals surface area contributed by atoms with E-state index in [0.717, 1.165) is 21.9 Å². The van der Waals surface area contributed by atoms with Crippen molar-refractivity contribution in [3.63, 3.8) is 0 Å². The minimum Gasteiger partial charge on any atom is -0.328 e. The monoisotopic (exact) mass is 261 g/mol. The second-order valence-corrected chi connectivity index (χ2v) is 4.69. The maximum absolute atomic E-state index is 12.8. The fourth-order valence-electron chi connectivity index (χ4n) is 1.52. The summed E-state index contributed by atoms with van der Waals surface area (Å²) in [4.78, 5) is 11.5. The quantitative estimate of drug-likeness (QED) is 0.657. The van der Waals surface area contributed by atoms with E-state index >= 15 is 0 Å². The van der Waals surface area contributed by atoms with Crippen LogP contribution in [0, 0.1) is 5.82 Å². The summed E-state index contributed by atoms with van der Waals surface area (Å²) in [6.45, 7) is 0. The Balaban J connectivity index is 2.05. The number of anilines is 1. The van der Waals surface area contributed by atoms with Gasteiger partial charge in [-0.3, -0.25) is 4.79 Å². The molecule has 2 aromatic carbocycles. The van der Waals surface area contributed by atoms with Crippen molar-refractivity contribution in [1.29, 1.82) is 0 Å². The average molecular weight is 261 g/mol. The number of hydrogen-bond donors (Lipinski definition) is 1. The van der Waals surface area contributed by atoms with Gasteiger partial charge in [-0.15, -0.1) is 11.8 Å². The molecule has 4 heteroatoms. The molecule has 0 aromatic heterocycles. The van der Waals surface area contributed by atoms with Gasteiger partial charge in [0.15, 0.2) is 0 Å². The molecule has 0 aliphatic carbocycles. The summed E-state index contributed by atoms with van der Waals surface area (Å²) < 4.78 is 12.8. The van der Waals surface area contributed by atoms with Crippen molar-refractivity contribution in [2.45, 2.75) is 10.6 Å². The van der Waals surface area contributed by atoms with Crippen LogP contribution in [0.1, 0.15) is 5.56 Å². The van der Waals surface area contributed by atoms with E-state index < -0.39 is 0 Å². The Kier molecular flexibility index (Phi) is 4.36. The summed E-state index contributed by atoms with van der Waals surface area (Å²) in [5.74, 6) is 0.504. The number of hydrogen-bond acceptors (Lipinski definition) is 2. The Bertz CT molecular complexity index is 528. The number of carbonyl (C=O) groups excluding carboxylic acids is 1. The molecule has 0 saturated heterocycles. The van der Waals surface area contributed by atoms with Gasteiger partial charge < -0.3 is 5.32 Å². The summed E-state index contributed by atoms with van der Waals surface area (Å²) in [6.07, 6.45) is 0.664. The summed E-state index contributed by atoms with van der Waals surface area (Å²) in [5, 5.41) is 2.66. The lowest BCUT2D eigenvalue weighted by Gasteiger charge is -2.07. The molecule has 0 bridgehead atoms. The molecule has 1 N–H and O–H groups in total. The van der Waals surface area contributed by atoms with Gasteiger partial charge in [0.05, 0.1) is 5.69 Å². The molecular formula is C14H12FNOS. The van der Waals surface area contributed by atoms with E-state index in [1.54, 1.807) is 23.9 Å². The van der Waals surface area contributed by atoms with Crippen molar-refractivity contribution in [2.75, 3.05) is 5.32 Å². The van der Waals surface area contributed by atoms with E-state index in [9.17, 15) is 9.18 Å². The van der Waals surface area contributed by atoms with E-state index in [2.05, 4.69) is 5.32 Å². The summed E-state index contributed by atoms with van der Waals surface area (Å²) >= 11 is 1.60. The third-order valence-corrected chi connectivity index (χ3v) is 3.55. The molecule has 0 unspecified atom stereocenters. The number of carbonyl (C=O) groups is 1. The van der Waals surface area contributed by atoms with Crippen LogP contribution < -0.4 is 5.32 Å². The Labute approximate surface area is 109 Å². The first kappa shape index (κ1) is 12.6. The van der Waals surface area contributed by atoms with Crippen LogP contribution in [0.4, 0.5) is 10.1 Å². The van der Waals surface area contributed by atoms with Crippen molar-refractivity contribution in [3.05, 3.63) is 59.9 Å². The maximum Gasteiger partial charge on any atom is 0.211 e. The largest absolute Gasteiger partial charge is 0.328 e. The molecular weight excluding hydrogens is 249 g/mol. The predicted octanol–water partition coefficient (Wildman–Crippen LogP) is 3.69. The first-order valence-corrected chi connectivity index (χ1v) is 6.44. The molecule has 2 rings (SSSR count). The number of halogens is 1. The molecule has 0 aliphatic rings. The molecule has 92 valence electrons. The van der Waals surface area contributed by atoms with Crippen LogP contribution in [-0.4, -0.2) is 6.41 Å². The van der Waals surface area contributed by atoms with Gasteiger partial charge in [-0.25, -0.2) is 4.39 Å². The Morgan fingerprint density at radius 1 is 1.11 bits per heavy atom. The molecule has 0 saturated carbocycles. The molecule has 0 atom stereocenters. The third-order valence-electron chi connectivity index (χ3n) is 2.41. The number of para-hydroxylation sites is 1. The highest BCUT2D eigenvalue weighted by Crippen LogP contribution is 2.29. The lowest BCUT2D eigenvalue weighted by atomic mass is 10.2. The topological polar surface area (TPSA) is 29.1 Å².